The number of carbonyl (C=O) groups is 2. The number of hydrogen-bond acceptors (Lipinski definition) is 3. The van der Waals surface area contributed by atoms with E-state index in [0.717, 1.165) is 0 Å². The van der Waals surface area contributed by atoms with Crippen molar-refractivity contribution in [3.8, 4) is 5.75 Å². The molecule has 0 heterocycles. The number of methoxy groups -OCH3 is 1. The van der Waals surface area contributed by atoms with Gasteiger partial charge in [0, 0.05) is 13.1 Å². The van der Waals surface area contributed by atoms with E-state index in [2.05, 4.69) is 10.6 Å². The van der Waals surface area contributed by atoms with E-state index >= 15 is 0 Å². The second kappa shape index (κ2) is 8.14. The fraction of sp³-hybridized carbons (Fsp3) is 0.467. The van der Waals surface area contributed by atoms with Crippen molar-refractivity contribution in [3.63, 3.8) is 0 Å². The highest BCUT2D eigenvalue weighted by molar-refractivity contribution is 5.94. The van der Waals surface area contributed by atoms with Gasteiger partial charge in [0.15, 0.2) is 0 Å². The highest BCUT2D eigenvalue weighted by Crippen LogP contribution is 2.22. The molecule has 0 aliphatic rings. The molecule has 0 aliphatic heterocycles. The van der Waals surface area contributed by atoms with Crippen LogP contribution < -0.4 is 15.4 Å². The van der Waals surface area contributed by atoms with Gasteiger partial charge in [-0.1, -0.05) is 12.1 Å². The van der Waals surface area contributed by atoms with Gasteiger partial charge in [-0.3, -0.25) is 4.79 Å². The Balaban J connectivity index is 2.63. The number of benzene rings is 1. The summed E-state index contributed by atoms with van der Waals surface area (Å²) in [4.78, 5) is 25.7. The number of carbonyl (C=O) groups excluding carboxylic acids is 2. The molecule has 0 unspecified atom stereocenters. The quantitative estimate of drug-likeness (QED) is 0.843. The summed E-state index contributed by atoms with van der Waals surface area (Å²) in [6, 6.07) is 6.07. The van der Waals surface area contributed by atoms with Gasteiger partial charge in [-0.25, -0.2) is 4.79 Å². The van der Waals surface area contributed by atoms with E-state index in [0.29, 0.717) is 24.5 Å². The van der Waals surface area contributed by atoms with Crippen LogP contribution in [0.5, 0.6) is 5.75 Å². The first-order valence-corrected chi connectivity index (χ1v) is 7.02. The lowest BCUT2D eigenvalue weighted by molar-refractivity contribution is -0.132. The maximum absolute atomic E-state index is 12.1. The fourth-order valence-electron chi connectivity index (χ4n) is 1.97. The third-order valence-corrected chi connectivity index (χ3v) is 3.15. The number of urea groups is 1. The summed E-state index contributed by atoms with van der Waals surface area (Å²) in [6.45, 7) is 6.72. The van der Waals surface area contributed by atoms with Gasteiger partial charge in [-0.2, -0.15) is 0 Å². The SMILES string of the molecule is CCN(CC)C(=O)[C@@H](C)NC(=O)Nc1ccccc1OC. The van der Waals surface area contributed by atoms with E-state index in [1.54, 1.807) is 30.0 Å². The van der Waals surface area contributed by atoms with Crippen LogP contribution in [0.1, 0.15) is 20.8 Å². The van der Waals surface area contributed by atoms with E-state index in [-0.39, 0.29) is 5.91 Å². The Morgan fingerprint density at radius 1 is 1.24 bits per heavy atom. The number of nitrogens with one attached hydrogen (secondary N) is 2. The molecular formula is C15H23N3O3. The van der Waals surface area contributed by atoms with Crippen molar-refractivity contribution in [2.75, 3.05) is 25.5 Å². The molecule has 0 fully saturated rings. The molecule has 1 aromatic carbocycles. The summed E-state index contributed by atoms with van der Waals surface area (Å²) in [5.41, 5.74) is 0.556. The number of likely N-dealkylation sites (N-methyl/N-ethyl adjacent to an activating group) is 1. The Bertz CT molecular complexity index is 487. The van der Waals surface area contributed by atoms with Crippen LogP contribution in [-0.4, -0.2) is 43.1 Å². The number of ether oxygens (including phenoxy) is 1. The summed E-state index contributed by atoms with van der Waals surface area (Å²) < 4.78 is 5.15. The number of amides is 3. The lowest BCUT2D eigenvalue weighted by Gasteiger charge is -2.23. The second-order valence-electron chi connectivity index (χ2n) is 4.53. The minimum atomic E-state index is -0.584. The first-order valence-electron chi connectivity index (χ1n) is 7.02. The Kier molecular flexibility index (Phi) is 6.52. The summed E-state index contributed by atoms with van der Waals surface area (Å²) >= 11 is 0. The zero-order valence-corrected chi connectivity index (χ0v) is 13.0. The van der Waals surface area contributed by atoms with E-state index in [1.807, 2.05) is 19.9 Å². The first-order chi connectivity index (χ1) is 10.0. The van der Waals surface area contributed by atoms with Gasteiger partial charge < -0.3 is 20.3 Å². The van der Waals surface area contributed by atoms with Gasteiger partial charge in [0.05, 0.1) is 12.8 Å². The van der Waals surface area contributed by atoms with Crippen LogP contribution in [0.4, 0.5) is 10.5 Å². The molecule has 116 valence electrons. The van der Waals surface area contributed by atoms with Crippen LogP contribution in [-0.2, 0) is 4.79 Å². The maximum Gasteiger partial charge on any atom is 0.319 e. The molecule has 3 amide bonds. The fourth-order valence-corrected chi connectivity index (χ4v) is 1.97. The molecule has 0 spiro atoms. The molecule has 2 N–H and O–H groups in total. The zero-order valence-electron chi connectivity index (χ0n) is 13.0. The molecule has 0 aromatic heterocycles. The number of para-hydroxylation sites is 2. The molecule has 0 radical (unpaired) electrons. The molecule has 1 atom stereocenters. The topological polar surface area (TPSA) is 70.7 Å². The van der Waals surface area contributed by atoms with Crippen molar-refractivity contribution in [1.29, 1.82) is 0 Å². The van der Waals surface area contributed by atoms with E-state index < -0.39 is 12.1 Å². The summed E-state index contributed by atoms with van der Waals surface area (Å²) in [7, 11) is 1.53. The minimum Gasteiger partial charge on any atom is -0.495 e. The van der Waals surface area contributed by atoms with Gasteiger partial charge in [0.1, 0.15) is 11.8 Å². The van der Waals surface area contributed by atoms with Crippen LogP contribution in [0.2, 0.25) is 0 Å². The van der Waals surface area contributed by atoms with Crippen LogP contribution in [0.15, 0.2) is 24.3 Å². The first kappa shape index (κ1) is 16.8. The van der Waals surface area contributed by atoms with Crippen molar-refractivity contribution in [2.24, 2.45) is 0 Å². The highest BCUT2D eigenvalue weighted by atomic mass is 16.5. The summed E-state index contributed by atoms with van der Waals surface area (Å²) in [6.07, 6.45) is 0. The van der Waals surface area contributed by atoms with Gasteiger partial charge in [-0.15, -0.1) is 0 Å². The van der Waals surface area contributed by atoms with E-state index in [9.17, 15) is 9.59 Å². The smallest absolute Gasteiger partial charge is 0.319 e. The number of hydrogen-bond donors (Lipinski definition) is 2. The van der Waals surface area contributed by atoms with Crippen molar-refractivity contribution in [3.05, 3.63) is 24.3 Å². The third-order valence-electron chi connectivity index (χ3n) is 3.15. The third kappa shape index (κ3) is 4.66. The average molecular weight is 293 g/mol. The average Bonchev–Trinajstić information content (AvgIpc) is 2.48. The molecule has 0 saturated carbocycles. The van der Waals surface area contributed by atoms with Crippen molar-refractivity contribution in [2.45, 2.75) is 26.8 Å². The van der Waals surface area contributed by atoms with Crippen LogP contribution >= 0.6 is 0 Å². The Morgan fingerprint density at radius 3 is 2.43 bits per heavy atom. The molecule has 1 rings (SSSR count). The molecule has 1 aromatic rings. The number of rotatable bonds is 6. The molecule has 0 saturated heterocycles. The lowest BCUT2D eigenvalue weighted by Crippen LogP contribution is -2.48. The number of nitrogens with zero attached hydrogens (tertiary/aromatic N) is 1. The van der Waals surface area contributed by atoms with Crippen LogP contribution in [0.3, 0.4) is 0 Å². The lowest BCUT2D eigenvalue weighted by atomic mass is 10.2. The van der Waals surface area contributed by atoms with Crippen molar-refractivity contribution in [1.82, 2.24) is 10.2 Å². The van der Waals surface area contributed by atoms with Gasteiger partial charge in [0.25, 0.3) is 0 Å². The molecule has 21 heavy (non-hydrogen) atoms. The maximum atomic E-state index is 12.1. The van der Waals surface area contributed by atoms with Crippen molar-refractivity contribution >= 4 is 17.6 Å². The Labute approximate surface area is 125 Å². The van der Waals surface area contributed by atoms with Crippen LogP contribution in [0, 0.1) is 0 Å². The predicted octanol–water partition coefficient (Wildman–Crippen LogP) is 2.07. The Hall–Kier alpha value is -2.24. The van der Waals surface area contributed by atoms with E-state index in [4.69, 9.17) is 4.74 Å². The number of anilines is 1. The predicted molar refractivity (Wildman–Crippen MR) is 82.5 cm³/mol. The summed E-state index contributed by atoms with van der Waals surface area (Å²) in [5, 5.41) is 5.31. The zero-order chi connectivity index (χ0) is 15.8. The summed E-state index contributed by atoms with van der Waals surface area (Å²) in [5.74, 6) is 0.463. The standard InChI is InChI=1S/C15H23N3O3/c1-5-18(6-2)14(19)11(3)16-15(20)17-12-9-7-8-10-13(12)21-4/h7-11H,5-6H2,1-4H3,(H2,16,17,20)/t11-/m1/s1. The molecule has 6 nitrogen and oxygen atoms in total. The second-order valence-corrected chi connectivity index (χ2v) is 4.53. The van der Waals surface area contributed by atoms with E-state index in [1.165, 1.54) is 7.11 Å². The monoisotopic (exact) mass is 293 g/mol. The van der Waals surface area contributed by atoms with Gasteiger partial charge >= 0.3 is 6.03 Å². The largest absolute Gasteiger partial charge is 0.495 e. The van der Waals surface area contributed by atoms with Crippen LogP contribution in [0.25, 0.3) is 0 Å². The molecule has 0 bridgehead atoms. The van der Waals surface area contributed by atoms with Gasteiger partial charge in [-0.05, 0) is 32.9 Å². The highest BCUT2D eigenvalue weighted by Gasteiger charge is 2.20. The molecule has 6 heteroatoms. The van der Waals surface area contributed by atoms with Gasteiger partial charge in [0.2, 0.25) is 5.91 Å². The molecule has 0 aliphatic carbocycles. The normalized spacial score (nSPS) is 11.4. The van der Waals surface area contributed by atoms with Crippen molar-refractivity contribution < 1.29 is 14.3 Å². The minimum absolute atomic E-state index is 0.102. The molecular weight excluding hydrogens is 270 g/mol. The Morgan fingerprint density at radius 2 is 1.86 bits per heavy atom.